The van der Waals surface area contributed by atoms with Crippen molar-refractivity contribution in [2.75, 3.05) is 18.6 Å². The fourth-order valence-corrected chi connectivity index (χ4v) is 3.86. The first-order valence-electron chi connectivity index (χ1n) is 9.73. The Bertz CT molecular complexity index is 979. The molecular formula is C23H25N3O2. The lowest BCUT2D eigenvalue weighted by atomic mass is 9.96. The topological polar surface area (TPSA) is 47.4 Å². The van der Waals surface area contributed by atoms with Gasteiger partial charge in [-0.2, -0.15) is 5.10 Å². The summed E-state index contributed by atoms with van der Waals surface area (Å²) in [4.78, 5) is 14.9. The number of fused-ring (bicyclic) bond motifs is 1. The van der Waals surface area contributed by atoms with E-state index in [1.807, 2.05) is 58.4 Å². The van der Waals surface area contributed by atoms with Crippen LogP contribution in [0.5, 0.6) is 5.75 Å². The van der Waals surface area contributed by atoms with Crippen molar-refractivity contribution in [2.45, 2.75) is 32.6 Å². The maximum Gasteiger partial charge on any atom is 0.227 e. The fraction of sp³-hybridized carbons (Fsp3) is 0.304. The first kappa shape index (κ1) is 18.3. The number of nitrogens with zero attached hydrogens (tertiary/aromatic N) is 3. The zero-order chi connectivity index (χ0) is 19.5. The number of carbonyl (C=O) groups is 1. The maximum atomic E-state index is 13.0. The molecule has 2 heterocycles. The van der Waals surface area contributed by atoms with Gasteiger partial charge in [-0.1, -0.05) is 24.3 Å². The van der Waals surface area contributed by atoms with Crippen LogP contribution in [0.3, 0.4) is 0 Å². The number of benzene rings is 2. The lowest BCUT2D eigenvalue weighted by molar-refractivity contribution is -0.118. The highest BCUT2D eigenvalue weighted by molar-refractivity contribution is 5.96. The first-order chi connectivity index (χ1) is 13.7. The predicted molar refractivity (Wildman–Crippen MR) is 110 cm³/mol. The van der Waals surface area contributed by atoms with Gasteiger partial charge in [-0.3, -0.25) is 4.79 Å². The van der Waals surface area contributed by atoms with Gasteiger partial charge in [0.05, 0.1) is 24.7 Å². The van der Waals surface area contributed by atoms with E-state index in [-0.39, 0.29) is 5.91 Å². The Balaban J connectivity index is 1.49. The summed E-state index contributed by atoms with van der Waals surface area (Å²) in [5.41, 5.74) is 5.49. The third-order valence-corrected chi connectivity index (χ3v) is 5.36. The Kier molecular flexibility index (Phi) is 5.15. The van der Waals surface area contributed by atoms with Crippen molar-refractivity contribution in [3.63, 3.8) is 0 Å². The minimum absolute atomic E-state index is 0.136. The molecule has 1 aliphatic rings. The molecule has 28 heavy (non-hydrogen) atoms. The van der Waals surface area contributed by atoms with Crippen LogP contribution in [0.15, 0.2) is 54.9 Å². The summed E-state index contributed by atoms with van der Waals surface area (Å²) in [7, 11) is 1.67. The minimum atomic E-state index is 0.136. The molecule has 144 valence electrons. The van der Waals surface area contributed by atoms with Crippen molar-refractivity contribution >= 4 is 11.6 Å². The maximum absolute atomic E-state index is 13.0. The highest BCUT2D eigenvalue weighted by Crippen LogP contribution is 2.38. The number of carbonyl (C=O) groups excluding carboxylic acids is 1. The van der Waals surface area contributed by atoms with E-state index >= 15 is 0 Å². The third-order valence-electron chi connectivity index (χ3n) is 5.36. The van der Waals surface area contributed by atoms with Gasteiger partial charge in [0, 0.05) is 19.2 Å². The van der Waals surface area contributed by atoms with Crippen LogP contribution in [0, 0.1) is 6.92 Å². The van der Waals surface area contributed by atoms with Crippen LogP contribution in [0.4, 0.5) is 5.69 Å². The first-order valence-corrected chi connectivity index (χ1v) is 9.73. The van der Waals surface area contributed by atoms with Gasteiger partial charge in [0.25, 0.3) is 0 Å². The molecule has 0 radical (unpaired) electrons. The molecule has 0 saturated heterocycles. The van der Waals surface area contributed by atoms with Crippen LogP contribution in [0.1, 0.15) is 29.5 Å². The lowest BCUT2D eigenvalue weighted by Crippen LogP contribution is -2.36. The molecule has 3 aromatic rings. The fourth-order valence-electron chi connectivity index (χ4n) is 3.86. The van der Waals surface area contributed by atoms with Gasteiger partial charge < -0.3 is 9.64 Å². The van der Waals surface area contributed by atoms with Crippen molar-refractivity contribution in [3.05, 3.63) is 71.5 Å². The van der Waals surface area contributed by atoms with E-state index in [2.05, 4.69) is 18.1 Å². The second-order valence-corrected chi connectivity index (χ2v) is 7.19. The molecule has 4 rings (SSSR count). The SMILES string of the molecule is COc1ccc(C)c2c1N(C(=O)CCc1cnn(-c3ccccc3)c1)CCC2. The molecule has 0 spiro atoms. The van der Waals surface area contributed by atoms with E-state index in [4.69, 9.17) is 4.74 Å². The molecular weight excluding hydrogens is 350 g/mol. The Morgan fingerprint density at radius 1 is 1.18 bits per heavy atom. The van der Waals surface area contributed by atoms with Crippen LogP contribution in [0.25, 0.3) is 5.69 Å². The van der Waals surface area contributed by atoms with Crippen molar-refractivity contribution in [3.8, 4) is 11.4 Å². The number of amides is 1. The van der Waals surface area contributed by atoms with Gasteiger partial charge in [-0.15, -0.1) is 0 Å². The summed E-state index contributed by atoms with van der Waals surface area (Å²) in [6.07, 6.45) is 6.94. The molecule has 0 saturated carbocycles. The molecule has 0 N–H and O–H groups in total. The molecule has 2 aromatic carbocycles. The number of ether oxygens (including phenoxy) is 1. The Morgan fingerprint density at radius 3 is 2.79 bits per heavy atom. The van der Waals surface area contributed by atoms with E-state index in [0.29, 0.717) is 12.8 Å². The van der Waals surface area contributed by atoms with Crippen molar-refractivity contribution in [1.82, 2.24) is 9.78 Å². The van der Waals surface area contributed by atoms with Crippen LogP contribution >= 0.6 is 0 Å². The molecule has 0 atom stereocenters. The van der Waals surface area contributed by atoms with Crippen LogP contribution < -0.4 is 9.64 Å². The summed E-state index contributed by atoms with van der Waals surface area (Å²) in [5.74, 6) is 0.919. The van der Waals surface area contributed by atoms with Gasteiger partial charge in [0.2, 0.25) is 5.91 Å². The Hall–Kier alpha value is -3.08. The smallest absolute Gasteiger partial charge is 0.227 e. The van der Waals surface area contributed by atoms with E-state index in [0.717, 1.165) is 42.1 Å². The monoisotopic (exact) mass is 375 g/mol. The van der Waals surface area contributed by atoms with Gasteiger partial charge >= 0.3 is 0 Å². The van der Waals surface area contributed by atoms with E-state index in [9.17, 15) is 4.79 Å². The second-order valence-electron chi connectivity index (χ2n) is 7.19. The largest absolute Gasteiger partial charge is 0.495 e. The van der Waals surface area contributed by atoms with Crippen LogP contribution in [-0.4, -0.2) is 29.3 Å². The average Bonchev–Trinajstić information content (AvgIpc) is 3.22. The Labute approximate surface area is 165 Å². The summed E-state index contributed by atoms with van der Waals surface area (Å²) in [6, 6.07) is 14.0. The summed E-state index contributed by atoms with van der Waals surface area (Å²) < 4.78 is 7.41. The number of methoxy groups -OCH3 is 1. The van der Waals surface area contributed by atoms with Crippen LogP contribution in [-0.2, 0) is 17.6 Å². The molecule has 1 amide bonds. The average molecular weight is 375 g/mol. The van der Waals surface area contributed by atoms with Crippen LogP contribution in [0.2, 0.25) is 0 Å². The number of aromatic nitrogens is 2. The molecule has 5 nitrogen and oxygen atoms in total. The summed E-state index contributed by atoms with van der Waals surface area (Å²) in [5, 5.41) is 4.42. The molecule has 0 unspecified atom stereocenters. The number of aryl methyl sites for hydroxylation is 2. The minimum Gasteiger partial charge on any atom is -0.495 e. The normalized spacial score (nSPS) is 13.3. The van der Waals surface area contributed by atoms with Gasteiger partial charge in [0.15, 0.2) is 0 Å². The van der Waals surface area contributed by atoms with Crippen molar-refractivity contribution in [2.24, 2.45) is 0 Å². The summed E-state index contributed by atoms with van der Waals surface area (Å²) >= 11 is 0. The molecule has 0 bridgehead atoms. The third kappa shape index (κ3) is 3.52. The molecule has 5 heteroatoms. The Morgan fingerprint density at radius 2 is 2.00 bits per heavy atom. The van der Waals surface area contributed by atoms with E-state index in [1.165, 1.54) is 11.1 Å². The number of hydrogen-bond acceptors (Lipinski definition) is 3. The number of rotatable bonds is 5. The predicted octanol–water partition coefficient (Wildman–Crippen LogP) is 4.10. The second kappa shape index (κ2) is 7.89. The zero-order valence-corrected chi connectivity index (χ0v) is 16.4. The number of para-hydroxylation sites is 1. The highest BCUT2D eigenvalue weighted by atomic mass is 16.5. The molecule has 1 aliphatic heterocycles. The molecule has 0 aliphatic carbocycles. The number of anilines is 1. The lowest BCUT2D eigenvalue weighted by Gasteiger charge is -2.32. The van der Waals surface area contributed by atoms with Crippen molar-refractivity contribution < 1.29 is 9.53 Å². The zero-order valence-electron chi connectivity index (χ0n) is 16.4. The summed E-state index contributed by atoms with van der Waals surface area (Å²) in [6.45, 7) is 2.85. The quantitative estimate of drug-likeness (QED) is 0.674. The van der Waals surface area contributed by atoms with Gasteiger partial charge in [-0.05, 0) is 61.1 Å². The van der Waals surface area contributed by atoms with Gasteiger partial charge in [0.1, 0.15) is 5.75 Å². The van der Waals surface area contributed by atoms with E-state index < -0.39 is 0 Å². The highest BCUT2D eigenvalue weighted by Gasteiger charge is 2.26. The van der Waals surface area contributed by atoms with Gasteiger partial charge in [-0.25, -0.2) is 4.68 Å². The standard InChI is InChI=1S/C23H25N3O2/c1-17-10-12-21(28-2)23-20(17)9-6-14-25(23)22(27)13-11-18-15-24-26(16-18)19-7-4-3-5-8-19/h3-5,7-8,10,12,15-16H,6,9,11,13-14H2,1-2H3. The number of hydrogen-bond donors (Lipinski definition) is 0. The van der Waals surface area contributed by atoms with Crippen molar-refractivity contribution in [1.29, 1.82) is 0 Å². The molecule has 1 aromatic heterocycles. The van der Waals surface area contributed by atoms with E-state index in [1.54, 1.807) is 7.11 Å². The molecule has 0 fully saturated rings.